The zero-order valence-electron chi connectivity index (χ0n) is 12.6. The zero-order chi connectivity index (χ0) is 15.4. The molecule has 2 fully saturated rings. The molecule has 4 nitrogen and oxygen atoms in total. The smallest absolute Gasteiger partial charge is 0.330 e. The van der Waals surface area contributed by atoms with E-state index in [1.54, 1.807) is 28.8 Å². The van der Waals surface area contributed by atoms with Gasteiger partial charge in [-0.05, 0) is 37.8 Å². The molecule has 1 heterocycles. The zero-order valence-corrected chi connectivity index (χ0v) is 13.4. The SMILES string of the molecule is O=C(OC1CCCCC1)[C@@H]1CSCN1C(=O)c1ccccc1. The molecule has 1 saturated carbocycles. The Kier molecular flexibility index (Phi) is 5.03. The summed E-state index contributed by atoms with van der Waals surface area (Å²) < 4.78 is 5.65. The van der Waals surface area contributed by atoms with Gasteiger partial charge in [0.1, 0.15) is 12.1 Å². The molecule has 1 amide bonds. The Bertz CT molecular complexity index is 528. The second-order valence-corrected chi connectivity index (χ2v) is 6.85. The van der Waals surface area contributed by atoms with Crippen molar-refractivity contribution in [2.45, 2.75) is 44.2 Å². The van der Waals surface area contributed by atoms with Gasteiger partial charge >= 0.3 is 5.97 Å². The van der Waals surface area contributed by atoms with E-state index in [4.69, 9.17) is 4.74 Å². The Hall–Kier alpha value is -1.49. The lowest BCUT2D eigenvalue weighted by Crippen LogP contribution is -2.44. The average Bonchev–Trinajstić information content (AvgIpc) is 3.05. The van der Waals surface area contributed by atoms with E-state index in [1.807, 2.05) is 18.2 Å². The third-order valence-corrected chi connectivity index (χ3v) is 5.28. The molecule has 0 aromatic heterocycles. The number of carbonyl (C=O) groups excluding carboxylic acids is 2. The van der Waals surface area contributed by atoms with E-state index in [0.717, 1.165) is 25.7 Å². The fourth-order valence-electron chi connectivity index (χ4n) is 3.01. The normalized spacial score (nSPS) is 22.5. The van der Waals surface area contributed by atoms with Crippen molar-refractivity contribution in [2.75, 3.05) is 11.6 Å². The van der Waals surface area contributed by atoms with Gasteiger partial charge in [-0.3, -0.25) is 4.79 Å². The summed E-state index contributed by atoms with van der Waals surface area (Å²) in [7, 11) is 0. The lowest BCUT2D eigenvalue weighted by atomic mass is 9.98. The van der Waals surface area contributed by atoms with E-state index in [-0.39, 0.29) is 18.0 Å². The average molecular weight is 319 g/mol. The Balaban J connectivity index is 1.64. The topological polar surface area (TPSA) is 46.6 Å². The van der Waals surface area contributed by atoms with Gasteiger partial charge in [-0.2, -0.15) is 0 Å². The minimum absolute atomic E-state index is 0.0422. The highest BCUT2D eigenvalue weighted by atomic mass is 32.2. The number of ether oxygens (including phenoxy) is 1. The maximum Gasteiger partial charge on any atom is 0.330 e. The molecule has 2 aliphatic rings. The van der Waals surface area contributed by atoms with Gasteiger partial charge < -0.3 is 9.64 Å². The van der Waals surface area contributed by atoms with Crippen LogP contribution in [0.4, 0.5) is 0 Å². The molecule has 0 radical (unpaired) electrons. The van der Waals surface area contributed by atoms with E-state index >= 15 is 0 Å². The molecule has 22 heavy (non-hydrogen) atoms. The molecule has 5 heteroatoms. The van der Waals surface area contributed by atoms with E-state index < -0.39 is 6.04 Å². The van der Waals surface area contributed by atoms with Crippen LogP contribution < -0.4 is 0 Å². The van der Waals surface area contributed by atoms with Crippen LogP contribution in [0.2, 0.25) is 0 Å². The largest absolute Gasteiger partial charge is 0.461 e. The van der Waals surface area contributed by atoms with Crippen molar-refractivity contribution in [1.29, 1.82) is 0 Å². The highest BCUT2D eigenvalue weighted by Gasteiger charge is 2.37. The third-order valence-electron chi connectivity index (χ3n) is 4.27. The highest BCUT2D eigenvalue weighted by Crippen LogP contribution is 2.26. The summed E-state index contributed by atoms with van der Waals surface area (Å²) in [5.74, 6) is 0.861. The molecule has 1 saturated heterocycles. The van der Waals surface area contributed by atoms with Crippen LogP contribution in [0.5, 0.6) is 0 Å². The van der Waals surface area contributed by atoms with Crippen LogP contribution in [0, 0.1) is 0 Å². The lowest BCUT2D eigenvalue weighted by molar-refractivity contribution is -0.154. The molecule has 0 N–H and O–H groups in total. The van der Waals surface area contributed by atoms with Gasteiger partial charge in [-0.15, -0.1) is 11.8 Å². The molecule has 1 aliphatic carbocycles. The van der Waals surface area contributed by atoms with Gasteiger partial charge in [0.05, 0.1) is 5.88 Å². The summed E-state index contributed by atoms with van der Waals surface area (Å²) in [5.41, 5.74) is 0.625. The van der Waals surface area contributed by atoms with Gasteiger partial charge in [0.2, 0.25) is 0 Å². The maximum atomic E-state index is 12.6. The Morgan fingerprint density at radius 1 is 1.09 bits per heavy atom. The van der Waals surface area contributed by atoms with Crippen molar-refractivity contribution >= 4 is 23.6 Å². The first-order chi connectivity index (χ1) is 10.8. The maximum absolute atomic E-state index is 12.6. The van der Waals surface area contributed by atoms with E-state index in [2.05, 4.69) is 0 Å². The minimum atomic E-state index is -0.445. The fraction of sp³-hybridized carbons (Fsp3) is 0.529. The summed E-state index contributed by atoms with van der Waals surface area (Å²) in [6.07, 6.45) is 5.44. The van der Waals surface area contributed by atoms with Crippen LogP contribution in [0.15, 0.2) is 30.3 Å². The van der Waals surface area contributed by atoms with Gasteiger partial charge in [0.25, 0.3) is 5.91 Å². The number of esters is 1. The minimum Gasteiger partial charge on any atom is -0.461 e. The van der Waals surface area contributed by atoms with Crippen molar-refractivity contribution in [3.63, 3.8) is 0 Å². The molecule has 1 atom stereocenters. The Morgan fingerprint density at radius 2 is 1.82 bits per heavy atom. The van der Waals surface area contributed by atoms with Gasteiger partial charge in [0.15, 0.2) is 0 Å². The van der Waals surface area contributed by atoms with Crippen LogP contribution in [0.3, 0.4) is 0 Å². The van der Waals surface area contributed by atoms with Crippen molar-refractivity contribution in [3.05, 3.63) is 35.9 Å². The van der Waals surface area contributed by atoms with Gasteiger partial charge in [-0.1, -0.05) is 24.6 Å². The van der Waals surface area contributed by atoms with Crippen molar-refractivity contribution < 1.29 is 14.3 Å². The first kappa shape index (κ1) is 15.4. The van der Waals surface area contributed by atoms with E-state index in [0.29, 0.717) is 17.2 Å². The lowest BCUT2D eigenvalue weighted by Gasteiger charge is -2.27. The predicted octanol–water partition coefficient (Wildman–Crippen LogP) is 3.08. The second-order valence-electron chi connectivity index (χ2n) is 5.85. The molecule has 1 aromatic carbocycles. The number of thioether (sulfide) groups is 1. The van der Waals surface area contributed by atoms with Crippen LogP contribution in [0.25, 0.3) is 0 Å². The fourth-order valence-corrected chi connectivity index (χ4v) is 4.15. The first-order valence-electron chi connectivity index (χ1n) is 7.90. The molecule has 1 aliphatic heterocycles. The third kappa shape index (κ3) is 3.46. The monoisotopic (exact) mass is 319 g/mol. The van der Waals surface area contributed by atoms with Crippen molar-refractivity contribution in [3.8, 4) is 0 Å². The molecule has 0 unspecified atom stereocenters. The number of nitrogens with zero attached hydrogens (tertiary/aromatic N) is 1. The van der Waals surface area contributed by atoms with Crippen LogP contribution in [-0.4, -0.2) is 40.6 Å². The summed E-state index contributed by atoms with van der Waals surface area (Å²) in [5, 5.41) is 0. The standard InChI is InChI=1S/C17H21NO3S/c19-16(13-7-3-1-4-8-13)18-12-22-11-15(18)17(20)21-14-9-5-2-6-10-14/h1,3-4,7-8,14-15H,2,5-6,9-12H2/t15-/m0/s1. The predicted molar refractivity (Wildman–Crippen MR) is 86.7 cm³/mol. The number of hydrogen-bond donors (Lipinski definition) is 0. The summed E-state index contributed by atoms with van der Waals surface area (Å²) in [4.78, 5) is 26.6. The number of benzene rings is 1. The molecule has 3 rings (SSSR count). The Labute approximate surface area is 135 Å². The van der Waals surface area contributed by atoms with Gasteiger partial charge in [0, 0.05) is 11.3 Å². The quantitative estimate of drug-likeness (QED) is 0.803. The first-order valence-corrected chi connectivity index (χ1v) is 9.05. The second kappa shape index (κ2) is 7.18. The molecule has 118 valence electrons. The van der Waals surface area contributed by atoms with Gasteiger partial charge in [-0.25, -0.2) is 4.79 Å². The molecule has 0 bridgehead atoms. The van der Waals surface area contributed by atoms with E-state index in [1.165, 1.54) is 6.42 Å². The number of carbonyl (C=O) groups is 2. The van der Waals surface area contributed by atoms with Crippen LogP contribution >= 0.6 is 11.8 Å². The molecule has 0 spiro atoms. The van der Waals surface area contributed by atoms with Crippen molar-refractivity contribution in [2.24, 2.45) is 0 Å². The summed E-state index contributed by atoms with van der Waals surface area (Å²) in [6.45, 7) is 0. The van der Waals surface area contributed by atoms with Crippen LogP contribution in [0.1, 0.15) is 42.5 Å². The van der Waals surface area contributed by atoms with E-state index in [9.17, 15) is 9.59 Å². The van der Waals surface area contributed by atoms with Crippen LogP contribution in [-0.2, 0) is 9.53 Å². The van der Waals surface area contributed by atoms with Crippen molar-refractivity contribution in [1.82, 2.24) is 4.90 Å². The number of hydrogen-bond acceptors (Lipinski definition) is 4. The molecular weight excluding hydrogens is 298 g/mol. The number of rotatable bonds is 3. The molecular formula is C17H21NO3S. The summed E-state index contributed by atoms with van der Waals surface area (Å²) in [6, 6.07) is 8.69. The highest BCUT2D eigenvalue weighted by molar-refractivity contribution is 7.99. The Morgan fingerprint density at radius 3 is 2.55 bits per heavy atom. The molecule has 1 aromatic rings. The summed E-state index contributed by atoms with van der Waals surface area (Å²) >= 11 is 1.61. The number of amides is 1.